The maximum absolute atomic E-state index is 13.3. The summed E-state index contributed by atoms with van der Waals surface area (Å²) in [5, 5.41) is 8.25. The van der Waals surface area contributed by atoms with Gasteiger partial charge in [-0.1, -0.05) is 61.4 Å². The van der Waals surface area contributed by atoms with Crippen molar-refractivity contribution in [2.24, 2.45) is 5.92 Å². The summed E-state index contributed by atoms with van der Waals surface area (Å²) in [4.78, 5) is 51.6. The minimum absolute atomic E-state index is 0.172. The first-order chi connectivity index (χ1) is 16.1. The molecule has 2 unspecified atom stereocenters. The summed E-state index contributed by atoms with van der Waals surface area (Å²) in [6.07, 6.45) is 2.67. The molecule has 3 N–H and O–H groups in total. The molecule has 3 rings (SSSR count). The molecule has 1 aliphatic rings. The molecule has 2 atom stereocenters. The number of ketones is 1. The van der Waals surface area contributed by atoms with E-state index >= 15 is 0 Å². The molecule has 7 nitrogen and oxygen atoms in total. The summed E-state index contributed by atoms with van der Waals surface area (Å²) in [5.74, 6) is -1.92. The van der Waals surface area contributed by atoms with E-state index in [4.69, 9.17) is 0 Å². The zero-order valence-corrected chi connectivity index (χ0v) is 20.0. The molecule has 2 aromatic carbocycles. The average Bonchev–Trinajstić information content (AvgIpc) is 3.62. The summed E-state index contributed by atoms with van der Waals surface area (Å²) in [6, 6.07) is 16.1. The summed E-state index contributed by atoms with van der Waals surface area (Å²) in [6.45, 7) is 5.36. The minimum Gasteiger partial charge on any atom is -0.345 e. The van der Waals surface area contributed by atoms with Gasteiger partial charge in [-0.05, 0) is 50.8 Å². The van der Waals surface area contributed by atoms with Crippen molar-refractivity contribution in [2.45, 2.75) is 64.1 Å². The molecule has 0 saturated heterocycles. The third kappa shape index (κ3) is 7.83. The van der Waals surface area contributed by atoms with Gasteiger partial charge in [-0.15, -0.1) is 0 Å². The van der Waals surface area contributed by atoms with Crippen LogP contribution in [0.25, 0.3) is 0 Å². The Kier molecular flexibility index (Phi) is 8.21. The van der Waals surface area contributed by atoms with Gasteiger partial charge in [-0.3, -0.25) is 19.2 Å². The largest absolute Gasteiger partial charge is 0.345 e. The highest BCUT2D eigenvalue weighted by Crippen LogP contribution is 2.33. The van der Waals surface area contributed by atoms with Crippen LogP contribution >= 0.6 is 0 Å². The third-order valence-corrected chi connectivity index (χ3v) is 5.55. The third-order valence-electron chi connectivity index (χ3n) is 5.55. The lowest BCUT2D eigenvalue weighted by Gasteiger charge is -2.25. The van der Waals surface area contributed by atoms with Crippen LogP contribution in [0.15, 0.2) is 60.7 Å². The van der Waals surface area contributed by atoms with E-state index in [1.165, 1.54) is 0 Å². The second-order valence-electron chi connectivity index (χ2n) is 9.89. The predicted octanol–water partition coefficient (Wildman–Crippen LogP) is 2.80. The summed E-state index contributed by atoms with van der Waals surface area (Å²) >= 11 is 0. The Morgan fingerprint density at radius 2 is 1.44 bits per heavy atom. The average molecular weight is 464 g/mol. The minimum atomic E-state index is -1.05. The van der Waals surface area contributed by atoms with Crippen molar-refractivity contribution in [3.8, 4) is 0 Å². The Hall–Kier alpha value is -3.48. The van der Waals surface area contributed by atoms with Gasteiger partial charge in [0.05, 0.1) is 0 Å². The molecular formula is C27H33N3O4. The molecule has 0 bridgehead atoms. The normalized spacial score (nSPS) is 15.0. The summed E-state index contributed by atoms with van der Waals surface area (Å²) in [5.41, 5.74) is 0.681. The molecule has 0 radical (unpaired) electrons. The molecule has 1 fully saturated rings. The maximum atomic E-state index is 13.3. The lowest BCUT2D eigenvalue weighted by Crippen LogP contribution is -2.56. The van der Waals surface area contributed by atoms with E-state index in [1.807, 2.05) is 36.4 Å². The fraction of sp³-hybridized carbons (Fsp3) is 0.407. The fourth-order valence-corrected chi connectivity index (χ4v) is 3.64. The van der Waals surface area contributed by atoms with Crippen LogP contribution in [-0.2, 0) is 20.8 Å². The Bertz CT molecular complexity index is 1010. The van der Waals surface area contributed by atoms with Gasteiger partial charge in [-0.2, -0.15) is 0 Å². The van der Waals surface area contributed by atoms with Crippen molar-refractivity contribution in [3.63, 3.8) is 0 Å². The predicted molar refractivity (Wildman–Crippen MR) is 130 cm³/mol. The first-order valence-corrected chi connectivity index (χ1v) is 11.7. The molecule has 1 saturated carbocycles. The monoisotopic (exact) mass is 463 g/mol. The summed E-state index contributed by atoms with van der Waals surface area (Å²) < 4.78 is 0. The van der Waals surface area contributed by atoms with Crippen molar-refractivity contribution in [1.82, 2.24) is 16.0 Å². The van der Waals surface area contributed by atoms with Crippen LogP contribution in [0, 0.1) is 5.92 Å². The highest BCUT2D eigenvalue weighted by molar-refractivity contribution is 6.38. The van der Waals surface area contributed by atoms with Gasteiger partial charge in [0.2, 0.25) is 11.7 Å². The number of hydrogen-bond acceptors (Lipinski definition) is 4. The Balaban J connectivity index is 1.76. The van der Waals surface area contributed by atoms with E-state index < -0.39 is 35.2 Å². The molecule has 1 aliphatic carbocycles. The van der Waals surface area contributed by atoms with E-state index in [1.54, 1.807) is 45.0 Å². The molecule has 0 aromatic heterocycles. The maximum Gasteiger partial charge on any atom is 0.290 e. The number of hydrogen-bond donors (Lipinski definition) is 3. The van der Waals surface area contributed by atoms with Crippen molar-refractivity contribution in [2.75, 3.05) is 0 Å². The number of amides is 3. The highest BCUT2D eigenvalue weighted by atomic mass is 16.2. The topological polar surface area (TPSA) is 104 Å². The summed E-state index contributed by atoms with van der Waals surface area (Å²) in [7, 11) is 0. The Morgan fingerprint density at radius 3 is 2.00 bits per heavy atom. The molecular weight excluding hydrogens is 430 g/mol. The standard InChI is InChI=1S/C27H33N3O4/c1-27(2,3)30-26(34)23(31)21(16-18-10-6-4-7-11-18)28-25(33)22(17-19-14-15-19)29-24(32)20-12-8-5-9-13-20/h4-13,19,21-22H,14-17H2,1-3H3,(H,28,33)(H,29,32)(H,30,34). The molecule has 34 heavy (non-hydrogen) atoms. The first-order valence-electron chi connectivity index (χ1n) is 11.7. The van der Waals surface area contributed by atoms with Crippen molar-refractivity contribution in [3.05, 3.63) is 71.8 Å². The molecule has 7 heteroatoms. The van der Waals surface area contributed by atoms with Crippen LogP contribution in [0.5, 0.6) is 0 Å². The SMILES string of the molecule is CC(C)(C)NC(=O)C(=O)C(Cc1ccccc1)NC(=O)C(CC1CC1)NC(=O)c1ccccc1. The quantitative estimate of drug-likeness (QED) is 0.471. The van der Waals surface area contributed by atoms with E-state index in [-0.39, 0.29) is 12.3 Å². The van der Waals surface area contributed by atoms with Gasteiger partial charge < -0.3 is 16.0 Å². The van der Waals surface area contributed by atoms with Gasteiger partial charge in [0.1, 0.15) is 12.1 Å². The van der Waals surface area contributed by atoms with E-state index in [0.29, 0.717) is 17.9 Å². The molecule has 0 spiro atoms. The van der Waals surface area contributed by atoms with E-state index in [2.05, 4.69) is 16.0 Å². The molecule has 0 heterocycles. The highest BCUT2D eigenvalue weighted by Gasteiger charge is 2.34. The lowest BCUT2D eigenvalue weighted by atomic mass is 9.99. The van der Waals surface area contributed by atoms with Gasteiger partial charge in [0.15, 0.2) is 0 Å². The molecule has 180 valence electrons. The van der Waals surface area contributed by atoms with Crippen molar-refractivity contribution >= 4 is 23.5 Å². The first kappa shape index (κ1) is 25.1. The zero-order valence-electron chi connectivity index (χ0n) is 20.0. The Labute approximate surface area is 200 Å². The zero-order chi connectivity index (χ0) is 24.7. The van der Waals surface area contributed by atoms with Crippen LogP contribution in [0.3, 0.4) is 0 Å². The molecule has 0 aliphatic heterocycles. The number of nitrogens with one attached hydrogen (secondary N) is 3. The van der Waals surface area contributed by atoms with Gasteiger partial charge in [0.25, 0.3) is 11.8 Å². The van der Waals surface area contributed by atoms with Crippen LogP contribution in [0.2, 0.25) is 0 Å². The molecule has 3 amide bonds. The number of benzene rings is 2. The second kappa shape index (κ2) is 11.1. The van der Waals surface area contributed by atoms with E-state index in [9.17, 15) is 19.2 Å². The van der Waals surface area contributed by atoms with Crippen LogP contribution in [0.4, 0.5) is 0 Å². The number of carbonyl (C=O) groups excluding carboxylic acids is 4. The van der Waals surface area contributed by atoms with E-state index in [0.717, 1.165) is 18.4 Å². The second-order valence-corrected chi connectivity index (χ2v) is 9.89. The van der Waals surface area contributed by atoms with Gasteiger partial charge in [-0.25, -0.2) is 0 Å². The van der Waals surface area contributed by atoms with Gasteiger partial charge >= 0.3 is 0 Å². The number of carbonyl (C=O) groups is 4. The smallest absolute Gasteiger partial charge is 0.290 e. The lowest BCUT2D eigenvalue weighted by molar-refractivity contribution is -0.141. The van der Waals surface area contributed by atoms with Crippen LogP contribution in [-0.4, -0.2) is 41.1 Å². The van der Waals surface area contributed by atoms with Crippen molar-refractivity contribution in [1.29, 1.82) is 0 Å². The Morgan fingerprint density at radius 1 is 0.853 bits per heavy atom. The number of Topliss-reactive ketones (excluding diaryl/α,β-unsaturated/α-hetero) is 1. The van der Waals surface area contributed by atoms with Crippen LogP contribution in [0.1, 0.15) is 56.0 Å². The van der Waals surface area contributed by atoms with Crippen molar-refractivity contribution < 1.29 is 19.2 Å². The van der Waals surface area contributed by atoms with Crippen LogP contribution < -0.4 is 16.0 Å². The fourth-order valence-electron chi connectivity index (χ4n) is 3.64. The number of rotatable bonds is 10. The van der Waals surface area contributed by atoms with Gasteiger partial charge in [0, 0.05) is 17.5 Å². The molecule has 2 aromatic rings.